The zero-order chi connectivity index (χ0) is 29.7. The second-order valence-electron chi connectivity index (χ2n) is 10.6. The number of anilines is 1. The molecule has 0 saturated carbocycles. The van der Waals surface area contributed by atoms with Crippen LogP contribution in [0.2, 0.25) is 0 Å². The number of hydrogen-bond donors (Lipinski definition) is 2. The number of rotatable bonds is 6. The number of amides is 4. The standard InChI is InChI=1S/C34H27FN4O4/c1-43-29-13-7-2-8-21(29)19-36-32(40)24-10-4-6-12-27(24)39-33(41)28-18-25-23-9-3-5-11-26(23)37-30(25)31(38(28)34(39)42)20-14-16-22(35)17-15-20/h2-17,28,31,37H,18-19H2,1H3,(H,36,40)/t28-,31+/m0/s1. The van der Waals surface area contributed by atoms with E-state index in [0.717, 1.165) is 32.6 Å². The average molecular weight is 575 g/mol. The molecule has 9 heteroatoms. The van der Waals surface area contributed by atoms with Gasteiger partial charge in [-0.05, 0) is 47.5 Å². The lowest BCUT2D eigenvalue weighted by molar-refractivity contribution is -0.120. The highest BCUT2D eigenvalue weighted by atomic mass is 19.1. The number of aromatic amines is 1. The molecule has 1 saturated heterocycles. The summed E-state index contributed by atoms with van der Waals surface area (Å²) in [6, 6.07) is 25.7. The Bertz CT molecular complexity index is 1900. The third-order valence-electron chi connectivity index (χ3n) is 8.26. The molecule has 8 nitrogen and oxygen atoms in total. The molecule has 43 heavy (non-hydrogen) atoms. The second kappa shape index (κ2) is 10.4. The van der Waals surface area contributed by atoms with Crippen LogP contribution in [0.25, 0.3) is 10.9 Å². The van der Waals surface area contributed by atoms with Crippen LogP contribution in [-0.2, 0) is 17.8 Å². The molecule has 1 fully saturated rings. The van der Waals surface area contributed by atoms with Gasteiger partial charge in [0.15, 0.2) is 0 Å². The van der Waals surface area contributed by atoms with E-state index in [-0.39, 0.29) is 17.8 Å². The summed E-state index contributed by atoms with van der Waals surface area (Å²) < 4.78 is 19.3. The molecule has 2 aliphatic rings. The van der Waals surface area contributed by atoms with Crippen molar-refractivity contribution in [1.82, 2.24) is 15.2 Å². The maximum Gasteiger partial charge on any atom is 0.332 e. The molecule has 5 aromatic rings. The number of imide groups is 1. The highest BCUT2D eigenvalue weighted by Gasteiger charge is 2.53. The van der Waals surface area contributed by atoms with Crippen LogP contribution in [-0.4, -0.2) is 40.9 Å². The molecule has 0 spiro atoms. The van der Waals surface area contributed by atoms with Crippen molar-refractivity contribution in [2.24, 2.45) is 0 Å². The Morgan fingerprint density at radius 1 is 0.953 bits per heavy atom. The average Bonchev–Trinajstić information content (AvgIpc) is 3.53. The number of fused-ring (bicyclic) bond motifs is 4. The summed E-state index contributed by atoms with van der Waals surface area (Å²) in [7, 11) is 1.56. The maximum atomic E-state index is 14.3. The van der Waals surface area contributed by atoms with Crippen LogP contribution in [0, 0.1) is 5.82 Å². The van der Waals surface area contributed by atoms with E-state index in [9.17, 15) is 18.8 Å². The van der Waals surface area contributed by atoms with Crippen LogP contribution < -0.4 is 15.0 Å². The minimum Gasteiger partial charge on any atom is -0.496 e. The lowest BCUT2D eigenvalue weighted by atomic mass is 9.89. The Labute approximate surface area is 246 Å². The number of nitrogens with one attached hydrogen (secondary N) is 2. The molecular weight excluding hydrogens is 547 g/mol. The number of H-pyrrole nitrogens is 1. The Hall–Kier alpha value is -5.44. The van der Waals surface area contributed by atoms with Gasteiger partial charge in [-0.15, -0.1) is 0 Å². The van der Waals surface area contributed by atoms with Gasteiger partial charge in [0, 0.05) is 35.1 Å². The molecule has 4 amide bonds. The molecule has 0 unspecified atom stereocenters. The first-order valence-electron chi connectivity index (χ1n) is 14.0. The smallest absolute Gasteiger partial charge is 0.332 e. The monoisotopic (exact) mass is 574 g/mol. The third-order valence-corrected chi connectivity index (χ3v) is 8.26. The third kappa shape index (κ3) is 4.32. The first-order valence-corrected chi connectivity index (χ1v) is 14.0. The van der Waals surface area contributed by atoms with Crippen LogP contribution in [0.5, 0.6) is 5.75 Å². The van der Waals surface area contributed by atoms with Crippen molar-refractivity contribution in [3.05, 3.63) is 131 Å². The molecule has 0 aliphatic carbocycles. The predicted octanol–water partition coefficient (Wildman–Crippen LogP) is 5.73. The molecule has 2 N–H and O–H groups in total. The molecule has 2 aliphatic heterocycles. The van der Waals surface area contributed by atoms with Gasteiger partial charge in [0.05, 0.1) is 18.4 Å². The van der Waals surface area contributed by atoms with Crippen LogP contribution in [0.4, 0.5) is 14.9 Å². The number of carbonyl (C=O) groups excluding carboxylic acids is 3. The summed E-state index contributed by atoms with van der Waals surface area (Å²) >= 11 is 0. The fourth-order valence-corrected chi connectivity index (χ4v) is 6.27. The number of carbonyl (C=O) groups is 3. The van der Waals surface area contributed by atoms with Crippen LogP contribution in [0.1, 0.15) is 38.8 Å². The number of para-hydroxylation sites is 3. The van der Waals surface area contributed by atoms with Gasteiger partial charge in [-0.25, -0.2) is 14.1 Å². The molecule has 2 atom stereocenters. The minimum atomic E-state index is -0.807. The van der Waals surface area contributed by atoms with E-state index in [1.54, 1.807) is 48.4 Å². The molecule has 4 aromatic carbocycles. The number of hydrogen-bond acceptors (Lipinski definition) is 4. The SMILES string of the molecule is COc1ccccc1CNC(=O)c1ccccc1N1C(=O)[C@@H]2Cc3c([nH]c4ccccc34)[C@@H](c3ccc(F)cc3)N2C1=O. The van der Waals surface area contributed by atoms with E-state index >= 15 is 0 Å². The number of methoxy groups -OCH3 is 1. The molecule has 0 bridgehead atoms. The molecule has 0 radical (unpaired) electrons. The van der Waals surface area contributed by atoms with Crippen molar-refractivity contribution in [3.63, 3.8) is 0 Å². The summed E-state index contributed by atoms with van der Waals surface area (Å²) in [5.74, 6) is -0.608. The van der Waals surface area contributed by atoms with Gasteiger partial charge < -0.3 is 15.0 Å². The summed E-state index contributed by atoms with van der Waals surface area (Å²) in [5.41, 5.74) is 4.49. The van der Waals surface area contributed by atoms with Crippen LogP contribution in [0.3, 0.4) is 0 Å². The van der Waals surface area contributed by atoms with Crippen molar-refractivity contribution in [1.29, 1.82) is 0 Å². The Balaban J connectivity index is 1.27. The fraction of sp³-hybridized carbons (Fsp3) is 0.147. The van der Waals surface area contributed by atoms with Gasteiger partial charge in [-0.1, -0.05) is 60.7 Å². The molecular formula is C34H27FN4O4. The van der Waals surface area contributed by atoms with Gasteiger partial charge in [0.2, 0.25) is 0 Å². The van der Waals surface area contributed by atoms with Crippen molar-refractivity contribution in [3.8, 4) is 5.75 Å². The number of benzene rings is 4. The second-order valence-corrected chi connectivity index (χ2v) is 10.6. The zero-order valence-electron chi connectivity index (χ0n) is 23.2. The van der Waals surface area contributed by atoms with Crippen molar-refractivity contribution in [2.75, 3.05) is 12.0 Å². The Morgan fingerprint density at radius 2 is 1.67 bits per heavy atom. The summed E-state index contributed by atoms with van der Waals surface area (Å²) in [6.07, 6.45) is 0.306. The summed E-state index contributed by atoms with van der Waals surface area (Å²) in [6.45, 7) is 0.197. The highest BCUT2D eigenvalue weighted by molar-refractivity contribution is 6.24. The van der Waals surface area contributed by atoms with E-state index in [1.165, 1.54) is 12.1 Å². The quantitative estimate of drug-likeness (QED) is 0.253. The molecule has 7 rings (SSSR count). The zero-order valence-corrected chi connectivity index (χ0v) is 23.2. The fourth-order valence-electron chi connectivity index (χ4n) is 6.27. The lowest BCUT2D eigenvalue weighted by Gasteiger charge is -2.36. The van der Waals surface area contributed by atoms with E-state index < -0.39 is 35.7 Å². The van der Waals surface area contributed by atoms with E-state index in [4.69, 9.17) is 4.74 Å². The first-order chi connectivity index (χ1) is 21.0. The van der Waals surface area contributed by atoms with E-state index in [2.05, 4.69) is 10.3 Å². The topological polar surface area (TPSA) is 94.7 Å². The van der Waals surface area contributed by atoms with Gasteiger partial charge in [0.1, 0.15) is 23.7 Å². The molecule has 214 valence electrons. The van der Waals surface area contributed by atoms with Crippen molar-refractivity contribution < 1.29 is 23.5 Å². The van der Waals surface area contributed by atoms with Crippen molar-refractivity contribution >= 4 is 34.4 Å². The molecule has 3 heterocycles. The maximum absolute atomic E-state index is 14.3. The van der Waals surface area contributed by atoms with Crippen LogP contribution >= 0.6 is 0 Å². The van der Waals surface area contributed by atoms with E-state index in [1.807, 2.05) is 48.5 Å². The van der Waals surface area contributed by atoms with Crippen LogP contribution in [0.15, 0.2) is 97.1 Å². The van der Waals surface area contributed by atoms with Gasteiger partial charge in [-0.3, -0.25) is 14.5 Å². The van der Waals surface area contributed by atoms with Gasteiger partial charge in [-0.2, -0.15) is 0 Å². The number of halogens is 1. The largest absolute Gasteiger partial charge is 0.496 e. The summed E-state index contributed by atoms with van der Waals surface area (Å²) in [5, 5.41) is 3.87. The Kier molecular flexibility index (Phi) is 6.42. The molecule has 1 aromatic heterocycles. The number of urea groups is 1. The van der Waals surface area contributed by atoms with Gasteiger partial charge in [0.25, 0.3) is 11.8 Å². The van der Waals surface area contributed by atoms with E-state index in [0.29, 0.717) is 17.7 Å². The van der Waals surface area contributed by atoms with Gasteiger partial charge >= 0.3 is 6.03 Å². The Morgan fingerprint density at radius 3 is 2.49 bits per heavy atom. The predicted molar refractivity (Wildman–Crippen MR) is 159 cm³/mol. The van der Waals surface area contributed by atoms with Crippen molar-refractivity contribution in [2.45, 2.75) is 25.0 Å². The normalized spacial score (nSPS) is 17.6. The lowest BCUT2D eigenvalue weighted by Crippen LogP contribution is -2.44. The highest BCUT2D eigenvalue weighted by Crippen LogP contribution is 2.45. The number of nitrogens with zero attached hydrogens (tertiary/aromatic N) is 2. The minimum absolute atomic E-state index is 0.196. The number of aromatic nitrogens is 1. The first kappa shape index (κ1) is 26.5. The number of ether oxygens (including phenoxy) is 1. The summed E-state index contributed by atoms with van der Waals surface area (Å²) in [4.78, 5) is 48.0.